The van der Waals surface area contributed by atoms with Crippen molar-refractivity contribution in [3.63, 3.8) is 0 Å². The van der Waals surface area contributed by atoms with E-state index in [2.05, 4.69) is 17.2 Å². The zero-order chi connectivity index (χ0) is 15.8. The molecular weight excluding hydrogens is 296 g/mol. The lowest BCUT2D eigenvalue weighted by atomic mass is 10.1. The van der Waals surface area contributed by atoms with Crippen molar-refractivity contribution >= 4 is 23.1 Å². The molecule has 1 atom stereocenters. The highest BCUT2D eigenvalue weighted by Crippen LogP contribution is 2.17. The molecule has 22 heavy (non-hydrogen) atoms. The van der Waals surface area contributed by atoms with Gasteiger partial charge in [-0.05, 0) is 30.9 Å². The van der Waals surface area contributed by atoms with Gasteiger partial charge in [0.25, 0.3) is 0 Å². The Balaban J connectivity index is 2.00. The van der Waals surface area contributed by atoms with Crippen molar-refractivity contribution < 1.29 is 9.53 Å². The van der Waals surface area contributed by atoms with Crippen LogP contribution in [-0.4, -0.2) is 31.0 Å². The number of hydrogen-bond acceptors (Lipinski definition) is 5. The Labute approximate surface area is 136 Å². The minimum absolute atomic E-state index is 0.103. The number of thiophene rings is 1. The highest BCUT2D eigenvalue weighted by molar-refractivity contribution is 7.09. The van der Waals surface area contributed by atoms with Gasteiger partial charge in [0.2, 0.25) is 0 Å². The van der Waals surface area contributed by atoms with Crippen molar-refractivity contribution in [3.05, 3.63) is 34.0 Å². The van der Waals surface area contributed by atoms with E-state index < -0.39 is 0 Å². The molecule has 1 aliphatic heterocycles. The summed E-state index contributed by atoms with van der Waals surface area (Å²) in [6.07, 6.45) is 5.90. The van der Waals surface area contributed by atoms with Crippen LogP contribution in [0.5, 0.6) is 0 Å². The van der Waals surface area contributed by atoms with Crippen LogP contribution in [0, 0.1) is 0 Å². The van der Waals surface area contributed by atoms with Crippen molar-refractivity contribution in [2.45, 2.75) is 45.6 Å². The van der Waals surface area contributed by atoms with E-state index in [1.54, 1.807) is 11.3 Å². The molecule has 1 N–H and O–H groups in total. The number of aliphatic imine (C=N–C) groups is 1. The van der Waals surface area contributed by atoms with E-state index in [1.807, 2.05) is 30.5 Å². The van der Waals surface area contributed by atoms with Crippen molar-refractivity contribution in [3.8, 4) is 0 Å². The van der Waals surface area contributed by atoms with E-state index in [4.69, 9.17) is 4.74 Å². The van der Waals surface area contributed by atoms with Crippen LogP contribution in [0.3, 0.4) is 0 Å². The van der Waals surface area contributed by atoms with Gasteiger partial charge in [-0.15, -0.1) is 11.3 Å². The number of ether oxygens (including phenoxy) is 1. The minimum Gasteiger partial charge on any atom is -0.463 e. The largest absolute Gasteiger partial charge is 0.463 e. The summed E-state index contributed by atoms with van der Waals surface area (Å²) in [5.41, 5.74) is 0.716. The molecule has 0 amide bonds. The van der Waals surface area contributed by atoms with E-state index in [0.29, 0.717) is 25.1 Å². The first-order valence-corrected chi connectivity index (χ1v) is 8.81. The van der Waals surface area contributed by atoms with E-state index >= 15 is 0 Å². The lowest BCUT2D eigenvalue weighted by Crippen LogP contribution is -2.29. The molecular formula is C17H24N2O2S. The number of carbonyl (C=O) groups is 1. The summed E-state index contributed by atoms with van der Waals surface area (Å²) in [6.45, 7) is 5.11. The number of rotatable bonds is 8. The summed E-state index contributed by atoms with van der Waals surface area (Å²) in [5.74, 6) is 0.835. The number of esters is 1. The molecule has 2 heterocycles. The molecule has 4 nitrogen and oxygen atoms in total. The second-order valence-electron chi connectivity index (χ2n) is 5.31. The Morgan fingerprint density at radius 1 is 1.55 bits per heavy atom. The lowest BCUT2D eigenvalue weighted by molar-refractivity contribution is -0.138. The van der Waals surface area contributed by atoms with Gasteiger partial charge >= 0.3 is 5.97 Å². The molecule has 5 heteroatoms. The molecule has 2 rings (SSSR count). The third-order valence-corrected chi connectivity index (χ3v) is 4.36. The molecule has 1 aliphatic rings. The number of carbonyl (C=O) groups excluding carboxylic acids is 1. The maximum atomic E-state index is 12.2. The fourth-order valence-electron chi connectivity index (χ4n) is 2.37. The molecule has 1 aromatic heterocycles. The third-order valence-electron chi connectivity index (χ3n) is 3.48. The molecule has 0 aliphatic carbocycles. The maximum Gasteiger partial charge on any atom is 0.334 e. The highest BCUT2D eigenvalue weighted by atomic mass is 32.1. The van der Waals surface area contributed by atoms with Crippen LogP contribution in [-0.2, 0) is 16.0 Å². The van der Waals surface area contributed by atoms with E-state index in [-0.39, 0.29) is 12.0 Å². The zero-order valence-electron chi connectivity index (χ0n) is 13.3. The highest BCUT2D eigenvalue weighted by Gasteiger charge is 2.19. The van der Waals surface area contributed by atoms with Gasteiger partial charge < -0.3 is 10.1 Å². The van der Waals surface area contributed by atoms with Crippen LogP contribution in [0.1, 0.15) is 38.0 Å². The van der Waals surface area contributed by atoms with E-state index in [0.717, 1.165) is 25.1 Å². The molecule has 0 radical (unpaired) electrons. The van der Waals surface area contributed by atoms with Gasteiger partial charge in [0.1, 0.15) is 0 Å². The lowest BCUT2D eigenvalue weighted by Gasteiger charge is -2.11. The fraction of sp³-hybridized carbons (Fsp3) is 0.529. The fourth-order valence-corrected chi connectivity index (χ4v) is 3.10. The smallest absolute Gasteiger partial charge is 0.334 e. The minimum atomic E-state index is -0.222. The van der Waals surface area contributed by atoms with Crippen molar-refractivity contribution in [1.29, 1.82) is 0 Å². The standard InChI is InChI=1S/C17H24N2O2S/c1-3-5-8-16-18-12-14(19-16)10-13(17(20)21-4-2)11-15-7-6-9-22-15/h6-7,9-10,14H,3-5,8,11-12H2,1-2H3,(H,18,19). The number of hydrogen-bond donors (Lipinski definition) is 1. The van der Waals surface area contributed by atoms with Crippen LogP contribution in [0.4, 0.5) is 0 Å². The molecule has 120 valence electrons. The van der Waals surface area contributed by atoms with Gasteiger partial charge in [0.05, 0.1) is 25.0 Å². The number of unbranched alkanes of at least 4 members (excludes halogenated alkanes) is 1. The number of nitrogens with one attached hydrogen (secondary N) is 1. The third kappa shape index (κ3) is 4.98. The Morgan fingerprint density at radius 2 is 2.41 bits per heavy atom. The van der Waals surface area contributed by atoms with Gasteiger partial charge in [0.15, 0.2) is 0 Å². The molecule has 1 aromatic rings. The summed E-state index contributed by atoms with van der Waals surface area (Å²) < 4.78 is 5.19. The summed E-state index contributed by atoms with van der Waals surface area (Å²) >= 11 is 1.66. The second kappa shape index (κ2) is 8.73. The quantitative estimate of drug-likeness (QED) is 0.590. The van der Waals surface area contributed by atoms with Crippen molar-refractivity contribution in [1.82, 2.24) is 5.32 Å². The van der Waals surface area contributed by atoms with Gasteiger partial charge in [-0.1, -0.05) is 19.4 Å². The molecule has 0 bridgehead atoms. The first kappa shape index (κ1) is 16.7. The molecule has 0 spiro atoms. The van der Waals surface area contributed by atoms with Crippen LogP contribution in [0.25, 0.3) is 0 Å². The molecule has 0 fully saturated rings. The molecule has 0 saturated carbocycles. The average molecular weight is 320 g/mol. The summed E-state index contributed by atoms with van der Waals surface area (Å²) in [7, 11) is 0. The predicted octanol–water partition coefficient (Wildman–Crippen LogP) is 3.34. The maximum absolute atomic E-state index is 12.2. The van der Waals surface area contributed by atoms with Crippen LogP contribution >= 0.6 is 11.3 Å². The Bertz CT molecular complexity index is 535. The summed E-state index contributed by atoms with van der Waals surface area (Å²) in [5, 5.41) is 5.43. The van der Waals surface area contributed by atoms with E-state index in [1.165, 1.54) is 4.88 Å². The van der Waals surface area contributed by atoms with Gasteiger partial charge in [-0.2, -0.15) is 0 Å². The second-order valence-corrected chi connectivity index (χ2v) is 6.34. The van der Waals surface area contributed by atoms with Crippen LogP contribution in [0.2, 0.25) is 0 Å². The van der Waals surface area contributed by atoms with Gasteiger partial charge in [-0.3, -0.25) is 4.99 Å². The van der Waals surface area contributed by atoms with E-state index in [9.17, 15) is 4.79 Å². The Morgan fingerprint density at radius 3 is 3.09 bits per heavy atom. The monoisotopic (exact) mass is 320 g/mol. The van der Waals surface area contributed by atoms with Crippen LogP contribution in [0.15, 0.2) is 34.2 Å². The summed E-state index contributed by atoms with van der Waals surface area (Å²) in [4.78, 5) is 17.9. The van der Waals surface area contributed by atoms with Gasteiger partial charge in [0, 0.05) is 23.3 Å². The molecule has 1 unspecified atom stereocenters. The summed E-state index contributed by atoms with van der Waals surface area (Å²) in [6, 6.07) is 4.15. The van der Waals surface area contributed by atoms with Crippen LogP contribution < -0.4 is 5.32 Å². The van der Waals surface area contributed by atoms with Crippen molar-refractivity contribution in [2.24, 2.45) is 4.99 Å². The number of amidine groups is 1. The zero-order valence-corrected chi connectivity index (χ0v) is 14.1. The molecule has 0 saturated heterocycles. The first-order valence-electron chi connectivity index (χ1n) is 7.93. The Kier molecular flexibility index (Phi) is 6.65. The van der Waals surface area contributed by atoms with Crippen molar-refractivity contribution in [2.75, 3.05) is 13.2 Å². The normalized spacial score (nSPS) is 18.0. The Hall–Kier alpha value is -1.62. The SMILES string of the molecule is CCCCC1=NCC(C=C(Cc2cccs2)C(=O)OCC)N1. The topological polar surface area (TPSA) is 50.7 Å². The number of nitrogens with zero attached hydrogens (tertiary/aromatic N) is 1. The first-order chi connectivity index (χ1) is 10.7. The van der Waals surface area contributed by atoms with Gasteiger partial charge in [-0.25, -0.2) is 4.79 Å². The average Bonchev–Trinajstić information content (AvgIpc) is 3.16. The molecule has 0 aromatic carbocycles. The predicted molar refractivity (Wildman–Crippen MR) is 91.5 cm³/mol.